The van der Waals surface area contributed by atoms with Gasteiger partial charge in [-0.15, -0.1) is 0 Å². The number of nitrogens with zero attached hydrogens (tertiary/aromatic N) is 2. The highest BCUT2D eigenvalue weighted by Crippen LogP contribution is 2.41. The number of hydrogen-bond acceptors (Lipinski definition) is 5. The number of thiazole rings is 1. The van der Waals surface area contributed by atoms with Crippen molar-refractivity contribution in [1.82, 2.24) is 4.57 Å². The molecular formula is C29H22BrFN2O3S. The Labute approximate surface area is 225 Å². The molecule has 1 aliphatic heterocycles. The summed E-state index contributed by atoms with van der Waals surface area (Å²) in [5.74, 6) is 0.920. The van der Waals surface area contributed by atoms with E-state index in [1.165, 1.54) is 29.0 Å². The number of rotatable bonds is 4. The number of benzene rings is 3. The molecule has 0 N–H and O–H groups in total. The lowest BCUT2D eigenvalue weighted by molar-refractivity contribution is 0.392. The van der Waals surface area contributed by atoms with Gasteiger partial charge in [0, 0.05) is 17.2 Å². The van der Waals surface area contributed by atoms with E-state index in [2.05, 4.69) is 28.1 Å². The first-order valence-electron chi connectivity index (χ1n) is 11.8. The van der Waals surface area contributed by atoms with E-state index in [9.17, 15) is 9.18 Å². The second kappa shape index (κ2) is 9.43. The number of ether oxygens (including phenoxy) is 2. The number of aryl methyl sites for hydroxylation is 1. The van der Waals surface area contributed by atoms with Crippen molar-refractivity contribution in [3.8, 4) is 11.5 Å². The first kappa shape index (κ1) is 23.9. The first-order chi connectivity index (χ1) is 18.0. The van der Waals surface area contributed by atoms with Gasteiger partial charge in [-0.3, -0.25) is 9.36 Å². The van der Waals surface area contributed by atoms with Crippen LogP contribution in [0.4, 0.5) is 4.39 Å². The van der Waals surface area contributed by atoms with Crippen molar-refractivity contribution in [3.63, 3.8) is 0 Å². The molecule has 1 atom stereocenters. The average molecular weight is 577 g/mol. The third kappa shape index (κ3) is 4.04. The Morgan fingerprint density at radius 1 is 1.05 bits per heavy atom. The molecule has 0 saturated carbocycles. The van der Waals surface area contributed by atoms with E-state index >= 15 is 0 Å². The monoisotopic (exact) mass is 576 g/mol. The largest absolute Gasteiger partial charge is 0.496 e. The van der Waals surface area contributed by atoms with Crippen LogP contribution in [-0.2, 0) is 6.42 Å². The van der Waals surface area contributed by atoms with E-state index in [0.717, 1.165) is 45.3 Å². The summed E-state index contributed by atoms with van der Waals surface area (Å²) in [6.45, 7) is 0. The predicted octanol–water partition coefficient (Wildman–Crippen LogP) is 5.24. The molecule has 5 nitrogen and oxygen atoms in total. The van der Waals surface area contributed by atoms with Gasteiger partial charge < -0.3 is 9.47 Å². The van der Waals surface area contributed by atoms with Gasteiger partial charge >= 0.3 is 0 Å². The fraction of sp³-hybridized carbons (Fsp3) is 0.172. The quantitative estimate of drug-likeness (QED) is 0.334. The van der Waals surface area contributed by atoms with Crippen LogP contribution in [0.25, 0.3) is 11.8 Å². The third-order valence-electron chi connectivity index (χ3n) is 6.85. The summed E-state index contributed by atoms with van der Waals surface area (Å²) in [6, 6.07) is 18.0. The molecule has 4 aromatic rings. The van der Waals surface area contributed by atoms with Crippen LogP contribution in [0.15, 0.2) is 80.5 Å². The molecule has 2 heterocycles. The Balaban J connectivity index is 1.61. The minimum Gasteiger partial charge on any atom is -0.496 e. The van der Waals surface area contributed by atoms with Crippen molar-refractivity contribution < 1.29 is 13.9 Å². The van der Waals surface area contributed by atoms with E-state index in [0.29, 0.717) is 20.8 Å². The van der Waals surface area contributed by atoms with Crippen molar-refractivity contribution in [3.05, 3.63) is 118 Å². The van der Waals surface area contributed by atoms with E-state index in [-0.39, 0.29) is 17.4 Å². The topological polar surface area (TPSA) is 52.8 Å². The second-order valence-corrected chi connectivity index (χ2v) is 10.8. The maximum Gasteiger partial charge on any atom is 0.271 e. The molecule has 8 heteroatoms. The molecule has 0 fully saturated rings. The number of halogens is 2. The normalized spacial score (nSPS) is 16.5. The van der Waals surface area contributed by atoms with E-state index in [1.807, 2.05) is 24.3 Å². The van der Waals surface area contributed by atoms with Crippen molar-refractivity contribution in [1.29, 1.82) is 0 Å². The predicted molar refractivity (Wildman–Crippen MR) is 146 cm³/mol. The number of methoxy groups -OCH3 is 2. The second-order valence-electron chi connectivity index (χ2n) is 8.89. The van der Waals surface area contributed by atoms with Gasteiger partial charge in [0.1, 0.15) is 17.3 Å². The average Bonchev–Trinajstić information content (AvgIpc) is 3.22. The number of hydrogen-bond donors (Lipinski definition) is 0. The Morgan fingerprint density at radius 2 is 1.81 bits per heavy atom. The molecule has 186 valence electrons. The van der Waals surface area contributed by atoms with E-state index in [4.69, 9.17) is 14.5 Å². The molecule has 1 aliphatic carbocycles. The summed E-state index contributed by atoms with van der Waals surface area (Å²) in [4.78, 5) is 19.5. The maximum absolute atomic E-state index is 13.9. The van der Waals surface area contributed by atoms with Crippen molar-refractivity contribution >= 4 is 39.0 Å². The molecule has 0 radical (unpaired) electrons. The smallest absolute Gasteiger partial charge is 0.271 e. The van der Waals surface area contributed by atoms with Crippen LogP contribution in [0.3, 0.4) is 0 Å². The summed E-state index contributed by atoms with van der Waals surface area (Å²) in [7, 11) is 3.17. The highest BCUT2D eigenvalue weighted by atomic mass is 79.9. The van der Waals surface area contributed by atoms with Crippen molar-refractivity contribution in [2.75, 3.05) is 14.2 Å². The van der Waals surface area contributed by atoms with Crippen LogP contribution in [0.2, 0.25) is 0 Å². The lowest BCUT2D eigenvalue weighted by Crippen LogP contribution is -2.38. The molecule has 3 aromatic carbocycles. The molecule has 6 rings (SSSR count). The molecular weight excluding hydrogens is 555 g/mol. The first-order valence-corrected chi connectivity index (χ1v) is 13.4. The fourth-order valence-corrected chi connectivity index (χ4v) is 6.62. The molecule has 1 unspecified atom stereocenters. The maximum atomic E-state index is 13.9. The number of allylic oxidation sites excluding steroid dienone is 1. The van der Waals surface area contributed by atoms with Gasteiger partial charge in [0.15, 0.2) is 4.80 Å². The molecule has 0 bridgehead atoms. The fourth-order valence-electron chi connectivity index (χ4n) is 5.10. The Hall–Kier alpha value is -3.49. The van der Waals surface area contributed by atoms with Crippen LogP contribution in [-0.4, -0.2) is 18.8 Å². The zero-order chi connectivity index (χ0) is 25.7. The van der Waals surface area contributed by atoms with Gasteiger partial charge in [0.25, 0.3) is 5.56 Å². The van der Waals surface area contributed by atoms with Crippen LogP contribution >= 0.6 is 27.3 Å². The van der Waals surface area contributed by atoms with E-state index < -0.39 is 0 Å². The van der Waals surface area contributed by atoms with Crippen LogP contribution in [0, 0.1) is 5.82 Å². The lowest BCUT2D eigenvalue weighted by Gasteiger charge is -2.30. The molecule has 1 aromatic heterocycles. The van der Waals surface area contributed by atoms with Gasteiger partial charge in [0.2, 0.25) is 0 Å². The van der Waals surface area contributed by atoms with Gasteiger partial charge in [-0.1, -0.05) is 47.7 Å². The summed E-state index contributed by atoms with van der Waals surface area (Å²) in [6.07, 6.45) is 3.47. The SMILES string of the molecule is COc1cc(OC)c(C=c2sc3n(c2=O)C(c2ccc(F)cc2)C2=C(N=3)c3ccccc3CC2)cc1Br. The van der Waals surface area contributed by atoms with E-state index in [1.54, 1.807) is 37.0 Å². The minimum absolute atomic E-state index is 0.141. The molecule has 0 saturated heterocycles. The summed E-state index contributed by atoms with van der Waals surface area (Å²) >= 11 is 4.87. The van der Waals surface area contributed by atoms with Crippen molar-refractivity contribution in [2.45, 2.75) is 18.9 Å². The molecule has 2 aliphatic rings. The Bertz CT molecular complexity index is 1760. The zero-order valence-electron chi connectivity index (χ0n) is 20.1. The summed E-state index contributed by atoms with van der Waals surface area (Å²) < 4.78 is 27.8. The highest BCUT2D eigenvalue weighted by molar-refractivity contribution is 9.10. The third-order valence-corrected chi connectivity index (χ3v) is 8.45. The van der Waals surface area contributed by atoms with Gasteiger partial charge in [-0.2, -0.15) is 0 Å². The number of fused-ring (bicyclic) bond motifs is 3. The molecule has 0 spiro atoms. The van der Waals surface area contributed by atoms with Crippen LogP contribution in [0.1, 0.15) is 34.7 Å². The highest BCUT2D eigenvalue weighted by Gasteiger charge is 2.32. The summed E-state index contributed by atoms with van der Waals surface area (Å²) in [5, 5.41) is 0. The van der Waals surface area contributed by atoms with Gasteiger partial charge in [-0.25, -0.2) is 9.38 Å². The van der Waals surface area contributed by atoms with Gasteiger partial charge in [-0.05, 0) is 69.7 Å². The summed E-state index contributed by atoms with van der Waals surface area (Å²) in [5.41, 5.74) is 5.79. The molecule has 37 heavy (non-hydrogen) atoms. The minimum atomic E-state index is -0.355. The Kier molecular flexibility index (Phi) is 6.09. The van der Waals surface area contributed by atoms with Crippen molar-refractivity contribution in [2.24, 2.45) is 4.99 Å². The molecule has 0 amide bonds. The number of aromatic nitrogens is 1. The zero-order valence-corrected chi connectivity index (χ0v) is 22.5. The standard InChI is InChI=1S/C29H22BrFN2O3S/c1-35-23-15-24(36-2)22(30)13-18(23)14-25-28(34)33-27(17-7-10-19(31)11-8-17)21-12-9-16-5-3-4-6-20(16)26(21)32-29(33)37-25/h3-8,10-11,13-15,27H,9,12H2,1-2H3. The lowest BCUT2D eigenvalue weighted by atomic mass is 9.83. The van der Waals surface area contributed by atoms with Crippen LogP contribution in [0.5, 0.6) is 11.5 Å². The Morgan fingerprint density at radius 3 is 2.57 bits per heavy atom. The van der Waals surface area contributed by atoms with Crippen LogP contribution < -0.4 is 24.4 Å². The van der Waals surface area contributed by atoms with Gasteiger partial charge in [0.05, 0.1) is 35.0 Å².